The summed E-state index contributed by atoms with van der Waals surface area (Å²) in [6, 6.07) is 19.4. The Morgan fingerprint density at radius 2 is 1.76 bits per heavy atom. The predicted octanol–water partition coefficient (Wildman–Crippen LogP) is 5.06. The first-order valence-corrected chi connectivity index (χ1v) is 13.5. The van der Waals surface area contributed by atoms with Gasteiger partial charge in [-0.2, -0.15) is 10.6 Å². The average molecular weight is 500 g/mol. The predicted molar refractivity (Wildman–Crippen MR) is 144 cm³/mol. The van der Waals surface area contributed by atoms with Gasteiger partial charge < -0.3 is 20.3 Å². The third kappa shape index (κ3) is 6.64. The van der Waals surface area contributed by atoms with Gasteiger partial charge in [0.2, 0.25) is 0 Å². The standard InChI is InChI=1S/C24H29N5O3S2/c1-17-15-32-13-12-29(17)22-14-21(16-34(2,30)31)25-23(28-22)18-8-10-20(11-9-18)27-24(33)26-19-6-4-3-5-7-19/h3-11,14,17,30-31H,12-13,15-16H2,1-2H3,(H2,26,27,33)/t17-/m0/s1. The molecule has 1 aromatic heterocycles. The van der Waals surface area contributed by atoms with Crippen molar-refractivity contribution < 1.29 is 13.8 Å². The van der Waals surface area contributed by atoms with E-state index in [1.54, 1.807) is 0 Å². The minimum atomic E-state index is -2.75. The summed E-state index contributed by atoms with van der Waals surface area (Å²) >= 11 is 5.40. The van der Waals surface area contributed by atoms with Crippen LogP contribution < -0.4 is 15.5 Å². The molecule has 4 rings (SSSR count). The first-order chi connectivity index (χ1) is 16.3. The molecular formula is C24H29N5O3S2. The summed E-state index contributed by atoms with van der Waals surface area (Å²) in [5.74, 6) is 1.37. The lowest BCUT2D eigenvalue weighted by Gasteiger charge is -2.35. The molecule has 34 heavy (non-hydrogen) atoms. The molecule has 1 atom stereocenters. The topological polar surface area (TPSA) is 103 Å². The van der Waals surface area contributed by atoms with Crippen LogP contribution in [0.2, 0.25) is 0 Å². The first-order valence-electron chi connectivity index (χ1n) is 10.9. The summed E-state index contributed by atoms with van der Waals surface area (Å²) in [7, 11) is -2.75. The van der Waals surface area contributed by atoms with Crippen LogP contribution >= 0.6 is 22.8 Å². The quantitative estimate of drug-likeness (QED) is 0.347. The highest BCUT2D eigenvalue weighted by Gasteiger charge is 2.22. The van der Waals surface area contributed by atoms with Gasteiger partial charge in [0.25, 0.3) is 0 Å². The Morgan fingerprint density at radius 1 is 1.09 bits per heavy atom. The van der Waals surface area contributed by atoms with Crippen molar-refractivity contribution in [2.24, 2.45) is 0 Å². The van der Waals surface area contributed by atoms with E-state index in [0.29, 0.717) is 36.4 Å². The van der Waals surface area contributed by atoms with Crippen molar-refractivity contribution in [3.8, 4) is 11.4 Å². The number of hydrogen-bond acceptors (Lipinski definition) is 7. The van der Waals surface area contributed by atoms with Crippen molar-refractivity contribution in [3.63, 3.8) is 0 Å². The number of nitrogens with one attached hydrogen (secondary N) is 2. The smallest absolute Gasteiger partial charge is 0.175 e. The van der Waals surface area contributed by atoms with E-state index >= 15 is 0 Å². The normalized spacial score (nSPS) is 16.7. The third-order valence-corrected chi connectivity index (χ3v) is 6.33. The van der Waals surface area contributed by atoms with Crippen LogP contribution in [-0.4, -0.2) is 56.2 Å². The number of aromatic nitrogens is 2. The molecule has 0 bridgehead atoms. The second-order valence-electron chi connectivity index (χ2n) is 8.32. The lowest BCUT2D eigenvalue weighted by molar-refractivity contribution is 0.0985. The van der Waals surface area contributed by atoms with Gasteiger partial charge in [0.05, 0.1) is 30.7 Å². The van der Waals surface area contributed by atoms with Crippen LogP contribution in [0.1, 0.15) is 12.6 Å². The van der Waals surface area contributed by atoms with Crippen molar-refractivity contribution in [2.45, 2.75) is 18.7 Å². The van der Waals surface area contributed by atoms with Crippen molar-refractivity contribution in [2.75, 3.05) is 41.5 Å². The zero-order valence-electron chi connectivity index (χ0n) is 19.1. The molecule has 0 radical (unpaired) electrons. The minimum absolute atomic E-state index is 0.0767. The molecule has 8 nitrogen and oxygen atoms in total. The van der Waals surface area contributed by atoms with Gasteiger partial charge in [-0.3, -0.25) is 9.11 Å². The fraction of sp³-hybridized carbons (Fsp3) is 0.292. The van der Waals surface area contributed by atoms with E-state index in [-0.39, 0.29) is 11.8 Å². The summed E-state index contributed by atoms with van der Waals surface area (Å²) < 4.78 is 25.6. The maximum Gasteiger partial charge on any atom is 0.175 e. The van der Waals surface area contributed by atoms with E-state index in [1.165, 1.54) is 6.26 Å². The largest absolute Gasteiger partial charge is 0.377 e. The maximum absolute atomic E-state index is 10.0. The van der Waals surface area contributed by atoms with Gasteiger partial charge in [-0.1, -0.05) is 18.2 Å². The van der Waals surface area contributed by atoms with E-state index in [9.17, 15) is 9.11 Å². The van der Waals surface area contributed by atoms with Gasteiger partial charge in [-0.15, -0.1) is 0 Å². The fourth-order valence-corrected chi connectivity index (χ4v) is 4.64. The van der Waals surface area contributed by atoms with Gasteiger partial charge in [-0.05, 0) is 55.5 Å². The molecule has 0 aliphatic carbocycles. The number of anilines is 3. The molecule has 1 aliphatic heterocycles. The second kappa shape index (κ2) is 10.7. The highest BCUT2D eigenvalue weighted by Crippen LogP contribution is 2.38. The highest BCUT2D eigenvalue weighted by molar-refractivity contribution is 8.23. The summed E-state index contributed by atoms with van der Waals surface area (Å²) in [6.07, 6.45) is 1.43. The zero-order valence-corrected chi connectivity index (χ0v) is 20.8. The van der Waals surface area contributed by atoms with E-state index in [0.717, 1.165) is 22.8 Å². The molecule has 0 spiro atoms. The second-order valence-corrected chi connectivity index (χ2v) is 11.0. The zero-order chi connectivity index (χ0) is 24.1. The van der Waals surface area contributed by atoms with Gasteiger partial charge >= 0.3 is 0 Å². The molecule has 0 saturated carbocycles. The van der Waals surface area contributed by atoms with Crippen LogP contribution in [0.25, 0.3) is 11.4 Å². The summed E-state index contributed by atoms with van der Waals surface area (Å²) in [5, 5.41) is 6.82. The number of morpholine rings is 1. The molecule has 0 amide bonds. The Bertz CT molecular complexity index is 1120. The Hall–Kier alpha value is -2.76. The van der Waals surface area contributed by atoms with Crippen molar-refractivity contribution in [3.05, 3.63) is 66.4 Å². The SMILES string of the molecule is C[C@H]1COCCN1c1cc(CS(C)(O)O)nc(-c2ccc(NC(=S)Nc3ccccc3)cc2)n1. The Labute approximate surface area is 206 Å². The van der Waals surface area contributed by atoms with E-state index in [1.807, 2.05) is 60.7 Å². The molecule has 10 heteroatoms. The molecule has 2 heterocycles. The molecule has 0 unspecified atom stereocenters. The average Bonchev–Trinajstić information content (AvgIpc) is 2.79. The van der Waals surface area contributed by atoms with Crippen molar-refractivity contribution in [1.82, 2.24) is 9.97 Å². The van der Waals surface area contributed by atoms with Gasteiger partial charge in [0.15, 0.2) is 10.9 Å². The van der Waals surface area contributed by atoms with Crippen LogP contribution in [-0.2, 0) is 10.5 Å². The van der Waals surface area contributed by atoms with Crippen LogP contribution in [0.15, 0.2) is 60.7 Å². The Morgan fingerprint density at radius 3 is 2.41 bits per heavy atom. The van der Waals surface area contributed by atoms with Crippen molar-refractivity contribution in [1.29, 1.82) is 0 Å². The summed E-state index contributed by atoms with van der Waals surface area (Å²) in [6.45, 7) is 4.04. The van der Waals surface area contributed by atoms with Crippen LogP contribution in [0.3, 0.4) is 0 Å². The van der Waals surface area contributed by atoms with Crippen LogP contribution in [0.4, 0.5) is 17.2 Å². The number of thiocarbonyl (C=S) groups is 1. The number of benzene rings is 2. The monoisotopic (exact) mass is 499 g/mol. The lowest BCUT2D eigenvalue weighted by Crippen LogP contribution is -2.44. The Kier molecular flexibility index (Phi) is 7.64. The summed E-state index contributed by atoms with van der Waals surface area (Å²) in [4.78, 5) is 11.6. The first kappa shape index (κ1) is 24.4. The van der Waals surface area contributed by atoms with Crippen molar-refractivity contribution >= 4 is 45.1 Å². The number of nitrogens with zero attached hydrogens (tertiary/aromatic N) is 3. The van der Waals surface area contributed by atoms with Gasteiger partial charge in [0, 0.05) is 35.8 Å². The molecule has 1 aliphatic rings. The van der Waals surface area contributed by atoms with E-state index in [2.05, 4.69) is 27.4 Å². The molecule has 4 N–H and O–H groups in total. The maximum atomic E-state index is 10.0. The molecular weight excluding hydrogens is 470 g/mol. The van der Waals surface area contributed by atoms with E-state index in [4.69, 9.17) is 21.9 Å². The molecule has 3 aromatic rings. The minimum Gasteiger partial charge on any atom is -0.377 e. The third-order valence-electron chi connectivity index (χ3n) is 5.28. The molecule has 2 aromatic carbocycles. The number of para-hydroxylation sites is 1. The fourth-order valence-electron chi connectivity index (χ4n) is 3.70. The number of ether oxygens (including phenoxy) is 1. The number of rotatable bonds is 6. The lowest BCUT2D eigenvalue weighted by atomic mass is 10.2. The van der Waals surface area contributed by atoms with Gasteiger partial charge in [0.1, 0.15) is 5.82 Å². The molecule has 1 fully saturated rings. The van der Waals surface area contributed by atoms with E-state index < -0.39 is 10.6 Å². The Balaban J connectivity index is 1.55. The molecule has 180 valence electrons. The van der Waals surface area contributed by atoms with Crippen LogP contribution in [0.5, 0.6) is 0 Å². The van der Waals surface area contributed by atoms with Crippen LogP contribution in [0, 0.1) is 0 Å². The number of hydrogen-bond donors (Lipinski definition) is 4. The van der Waals surface area contributed by atoms with Gasteiger partial charge in [-0.25, -0.2) is 9.97 Å². The highest BCUT2D eigenvalue weighted by atomic mass is 32.3. The molecule has 1 saturated heterocycles. The summed E-state index contributed by atoms with van der Waals surface area (Å²) in [5.41, 5.74) is 3.16.